The lowest BCUT2D eigenvalue weighted by molar-refractivity contribution is -0.0356. The van der Waals surface area contributed by atoms with Crippen LogP contribution in [0.1, 0.15) is 39.2 Å². The van der Waals surface area contributed by atoms with E-state index in [1.807, 2.05) is 51.1 Å². The monoisotopic (exact) mass is 289 g/mol. The molecule has 4 heteroatoms. The van der Waals surface area contributed by atoms with Crippen molar-refractivity contribution in [2.24, 2.45) is 0 Å². The number of carbonyl (C=O) groups is 1. The molecule has 1 aromatic rings. The van der Waals surface area contributed by atoms with Gasteiger partial charge in [0.2, 0.25) is 0 Å². The van der Waals surface area contributed by atoms with Gasteiger partial charge in [-0.05, 0) is 39.2 Å². The van der Waals surface area contributed by atoms with Crippen LogP contribution in [0.25, 0.3) is 0 Å². The second-order valence-corrected chi connectivity index (χ2v) is 6.37. The number of amides is 1. The van der Waals surface area contributed by atoms with E-state index in [4.69, 9.17) is 4.74 Å². The highest BCUT2D eigenvalue weighted by molar-refractivity contribution is 5.68. The Balaban J connectivity index is 1.97. The van der Waals surface area contributed by atoms with Gasteiger partial charge in [0.1, 0.15) is 5.60 Å². The maximum Gasteiger partial charge on any atom is 0.410 e. The maximum absolute atomic E-state index is 12.0. The van der Waals surface area contributed by atoms with Crippen molar-refractivity contribution in [3.63, 3.8) is 0 Å². The minimum Gasteiger partial charge on any atom is -0.444 e. The number of hydrogen-bond donors (Lipinski definition) is 1. The molecular weight excluding hydrogens is 266 g/mol. The second kappa shape index (κ2) is 5.44. The number of ether oxygens (including phenoxy) is 1. The fourth-order valence-corrected chi connectivity index (χ4v) is 2.42. The predicted octanol–water partition coefficient (Wildman–Crippen LogP) is 2.91. The molecule has 1 N–H and O–H groups in total. The van der Waals surface area contributed by atoms with Crippen LogP contribution in [-0.4, -0.2) is 34.8 Å². The van der Waals surface area contributed by atoms with Gasteiger partial charge in [0, 0.05) is 13.1 Å². The summed E-state index contributed by atoms with van der Waals surface area (Å²) in [7, 11) is 0. The lowest BCUT2D eigenvalue weighted by Crippen LogP contribution is -2.46. The summed E-state index contributed by atoms with van der Waals surface area (Å²) in [5.74, 6) is 0. The molecule has 0 saturated carbocycles. The molecule has 0 atom stereocenters. The largest absolute Gasteiger partial charge is 0.444 e. The van der Waals surface area contributed by atoms with E-state index >= 15 is 0 Å². The molecular formula is C16H23NO3. The molecule has 1 fully saturated rings. The van der Waals surface area contributed by atoms with E-state index in [2.05, 4.69) is 0 Å². The third-order valence-corrected chi connectivity index (χ3v) is 3.55. The van der Waals surface area contributed by atoms with Gasteiger partial charge < -0.3 is 14.7 Å². The van der Waals surface area contributed by atoms with E-state index in [1.165, 1.54) is 0 Å². The van der Waals surface area contributed by atoms with E-state index in [0.717, 1.165) is 5.56 Å². The Hall–Kier alpha value is -1.55. The van der Waals surface area contributed by atoms with Crippen LogP contribution in [0.4, 0.5) is 4.79 Å². The van der Waals surface area contributed by atoms with Gasteiger partial charge in [-0.2, -0.15) is 0 Å². The number of carbonyl (C=O) groups excluding carboxylic acids is 1. The van der Waals surface area contributed by atoms with Crippen molar-refractivity contribution < 1.29 is 14.6 Å². The Morgan fingerprint density at radius 2 is 1.75 bits per heavy atom. The van der Waals surface area contributed by atoms with Crippen molar-refractivity contribution in [1.29, 1.82) is 0 Å². The Labute approximate surface area is 120 Å². The summed E-state index contributed by atoms with van der Waals surface area (Å²) in [6, 6.07) is 9.65. The number of rotatable bonds is 1. The third-order valence-electron chi connectivity index (χ3n) is 3.55. The molecule has 0 aliphatic carbocycles. The first-order valence-electron chi connectivity index (χ1n) is 7.06. The van der Waals surface area contributed by atoms with Crippen molar-refractivity contribution in [2.45, 2.75) is 44.8 Å². The van der Waals surface area contributed by atoms with Crippen LogP contribution < -0.4 is 0 Å². The molecule has 0 aromatic heterocycles. The molecule has 2 rings (SSSR count). The Morgan fingerprint density at radius 3 is 2.25 bits per heavy atom. The second-order valence-electron chi connectivity index (χ2n) is 6.37. The van der Waals surface area contributed by atoms with Crippen LogP contribution in [0.2, 0.25) is 0 Å². The summed E-state index contributed by atoms with van der Waals surface area (Å²) in [4.78, 5) is 13.7. The third kappa shape index (κ3) is 3.51. The maximum atomic E-state index is 12.0. The summed E-state index contributed by atoms with van der Waals surface area (Å²) in [6.45, 7) is 6.60. The van der Waals surface area contributed by atoms with Gasteiger partial charge in [-0.15, -0.1) is 0 Å². The molecule has 1 saturated heterocycles. The quantitative estimate of drug-likeness (QED) is 0.865. The lowest BCUT2D eigenvalue weighted by Gasteiger charge is -2.38. The molecule has 1 aliphatic heterocycles. The Bertz CT molecular complexity index is 456. The van der Waals surface area contributed by atoms with Gasteiger partial charge in [-0.25, -0.2) is 4.79 Å². The summed E-state index contributed by atoms with van der Waals surface area (Å²) in [6.07, 6.45) is 0.777. The van der Waals surface area contributed by atoms with Gasteiger partial charge in [-0.3, -0.25) is 0 Å². The number of aliphatic hydroxyl groups is 1. The average molecular weight is 289 g/mol. The van der Waals surface area contributed by atoms with Gasteiger partial charge >= 0.3 is 6.09 Å². The first-order chi connectivity index (χ1) is 9.30. The topological polar surface area (TPSA) is 49.8 Å². The highest BCUT2D eigenvalue weighted by Crippen LogP contribution is 2.32. The first-order valence-corrected chi connectivity index (χ1v) is 7.06. The van der Waals surface area contributed by atoms with Crippen LogP contribution in [0.3, 0.4) is 0 Å². The van der Waals surface area contributed by atoms with Crippen molar-refractivity contribution in [1.82, 2.24) is 4.90 Å². The summed E-state index contributed by atoms with van der Waals surface area (Å²) in [5.41, 5.74) is -0.395. The smallest absolute Gasteiger partial charge is 0.410 e. The zero-order chi connectivity index (χ0) is 14.8. The van der Waals surface area contributed by atoms with Gasteiger partial charge in [0.05, 0.1) is 5.60 Å². The lowest BCUT2D eigenvalue weighted by atomic mass is 10.0. The SMILES string of the molecule is CC(C)(C)OC(=O)N1CCC(O)([14c]2[14cH][14cH][14cH][14cH][14cH]2)CC1. The standard InChI is InChI=1S/C16H23NO3/c1-15(2,3)20-14(18)17-11-9-16(19,10-12-17)13-7-5-4-6-8-13/h4-8,19H,9-12H2,1-3H3/i4+2,5+2,6+2,7+2,8+2,13+2. The van der Waals surface area contributed by atoms with E-state index in [9.17, 15) is 9.90 Å². The van der Waals surface area contributed by atoms with Crippen LogP contribution in [-0.2, 0) is 10.3 Å². The molecule has 4 nitrogen and oxygen atoms in total. The Kier molecular flexibility index (Phi) is 4.04. The summed E-state index contributed by atoms with van der Waals surface area (Å²) >= 11 is 0. The number of piperidine rings is 1. The summed E-state index contributed by atoms with van der Waals surface area (Å²) in [5, 5.41) is 10.7. The van der Waals surface area contributed by atoms with E-state index in [-0.39, 0.29) is 6.09 Å². The number of likely N-dealkylation sites (tertiary alicyclic amines) is 1. The molecule has 1 heterocycles. The van der Waals surface area contributed by atoms with E-state index in [1.54, 1.807) is 4.90 Å². The average Bonchev–Trinajstić information content (AvgIpc) is 2.38. The van der Waals surface area contributed by atoms with Crippen LogP contribution in [0, 0.1) is 0 Å². The van der Waals surface area contributed by atoms with Crippen molar-refractivity contribution in [3.05, 3.63) is 35.9 Å². The number of benzene rings is 1. The van der Waals surface area contributed by atoms with Crippen LogP contribution in [0.15, 0.2) is 30.3 Å². The van der Waals surface area contributed by atoms with Crippen molar-refractivity contribution >= 4 is 6.09 Å². The highest BCUT2D eigenvalue weighted by atomic mass is 16.6. The van der Waals surface area contributed by atoms with Gasteiger partial charge in [0.15, 0.2) is 0 Å². The minimum absolute atomic E-state index is 0.299. The Morgan fingerprint density at radius 1 is 1.20 bits per heavy atom. The van der Waals surface area contributed by atoms with Crippen molar-refractivity contribution in [2.75, 3.05) is 13.1 Å². The minimum atomic E-state index is -0.834. The van der Waals surface area contributed by atoms with Gasteiger partial charge in [-0.1, -0.05) is 30.3 Å². The van der Waals surface area contributed by atoms with E-state index in [0.29, 0.717) is 25.9 Å². The first kappa shape index (κ1) is 14.9. The highest BCUT2D eigenvalue weighted by Gasteiger charge is 2.36. The molecule has 0 spiro atoms. The molecule has 20 heavy (non-hydrogen) atoms. The fourth-order valence-electron chi connectivity index (χ4n) is 2.42. The molecule has 110 valence electrons. The molecule has 1 amide bonds. The van der Waals surface area contributed by atoms with Gasteiger partial charge in [0.25, 0.3) is 0 Å². The molecule has 0 radical (unpaired) electrons. The zero-order valence-electron chi connectivity index (χ0n) is 12.4. The normalized spacial score (nSPS) is 18.7. The summed E-state index contributed by atoms with van der Waals surface area (Å²) < 4.78 is 5.36. The van der Waals surface area contributed by atoms with E-state index < -0.39 is 11.2 Å². The molecule has 1 aliphatic rings. The van der Waals surface area contributed by atoms with Crippen molar-refractivity contribution in [3.8, 4) is 0 Å². The predicted molar refractivity (Wildman–Crippen MR) is 77.4 cm³/mol. The molecule has 0 bridgehead atoms. The molecule has 1 aromatic carbocycles. The zero-order valence-corrected chi connectivity index (χ0v) is 12.4. The van der Waals surface area contributed by atoms with Crippen LogP contribution in [0.5, 0.6) is 0 Å². The number of hydrogen-bond acceptors (Lipinski definition) is 3. The number of nitrogens with zero attached hydrogens (tertiary/aromatic N) is 1. The van der Waals surface area contributed by atoms with Crippen LogP contribution >= 0.6 is 0 Å². The molecule has 0 unspecified atom stereocenters. The fraction of sp³-hybridized carbons (Fsp3) is 0.562.